The van der Waals surface area contributed by atoms with Crippen molar-refractivity contribution in [2.24, 2.45) is 0 Å². The van der Waals surface area contributed by atoms with Crippen LogP contribution in [0.4, 0.5) is 0 Å². The summed E-state index contributed by atoms with van der Waals surface area (Å²) in [6.07, 6.45) is -10.8. The molecule has 0 aromatic heterocycles. The smallest absolute Gasteiger partial charge is 0.303 e. The topological polar surface area (TPSA) is 161 Å². The Morgan fingerprint density at radius 3 is 1.50 bits per heavy atom. The predicted molar refractivity (Wildman–Crippen MR) is 201 cm³/mol. The second kappa shape index (κ2) is 21.3. The molecule has 0 amide bonds. The molecule has 2 heterocycles. The first kappa shape index (κ1) is 42.8. The lowest BCUT2D eigenvalue weighted by Crippen LogP contribution is -2.66. The fourth-order valence-electron chi connectivity index (χ4n) is 6.41. The van der Waals surface area contributed by atoms with Gasteiger partial charge in [-0.3, -0.25) is 19.2 Å². The van der Waals surface area contributed by atoms with Crippen molar-refractivity contribution in [1.82, 2.24) is 0 Å². The van der Waals surface area contributed by atoms with Crippen molar-refractivity contribution in [3.63, 3.8) is 0 Å². The summed E-state index contributed by atoms with van der Waals surface area (Å²) in [5.74, 6) is -2.96. The molecule has 15 heteroatoms. The third-order valence-electron chi connectivity index (χ3n) is 8.81. The van der Waals surface area contributed by atoms with Gasteiger partial charge in [-0.2, -0.15) is 0 Å². The molecule has 14 nitrogen and oxygen atoms in total. The quantitative estimate of drug-likeness (QED) is 0.116. The van der Waals surface area contributed by atoms with Crippen molar-refractivity contribution in [3.05, 3.63) is 108 Å². The summed E-state index contributed by atoms with van der Waals surface area (Å²) in [6.45, 7) is 4.75. The average Bonchev–Trinajstić information content (AvgIpc) is 3.16. The van der Waals surface area contributed by atoms with Gasteiger partial charge in [0.05, 0.1) is 26.4 Å². The highest BCUT2D eigenvalue weighted by molar-refractivity contribution is 7.80. The molecule has 0 unspecified atom stereocenters. The van der Waals surface area contributed by atoms with Gasteiger partial charge in [0.25, 0.3) is 0 Å². The zero-order valence-corrected chi connectivity index (χ0v) is 32.5. The van der Waals surface area contributed by atoms with E-state index in [4.69, 9.17) is 60.0 Å². The van der Waals surface area contributed by atoms with E-state index in [1.165, 1.54) is 6.92 Å². The molecule has 0 saturated carbocycles. The maximum absolute atomic E-state index is 12.6. The van der Waals surface area contributed by atoms with Crippen LogP contribution in [0.25, 0.3) is 0 Å². The normalized spacial score (nSPS) is 27.4. The number of thiol groups is 1. The molecule has 10 atom stereocenters. The maximum atomic E-state index is 12.6. The van der Waals surface area contributed by atoms with Gasteiger partial charge in [0.2, 0.25) is 0 Å². The van der Waals surface area contributed by atoms with Crippen molar-refractivity contribution in [2.75, 3.05) is 13.2 Å². The molecule has 2 fully saturated rings. The van der Waals surface area contributed by atoms with Gasteiger partial charge in [-0.05, 0) is 16.7 Å². The van der Waals surface area contributed by atoms with Crippen LogP contribution in [0.2, 0.25) is 0 Å². The van der Waals surface area contributed by atoms with Gasteiger partial charge in [0, 0.05) is 27.7 Å². The number of esters is 4. The standard InChI is InChI=1S/C41H48O14S/c1-25(42)47-24-33-35(50-26(2)43)37(51-27(3)44)38(52-28(4)45)40(53-33)55-34-32(23-46-20-29-14-8-5-9-15-29)54-41(56)39(49-22-31-18-12-7-13-19-31)36(34)48-21-30-16-10-6-11-17-30/h5-19,32-41,56H,20-24H2,1-4H3/t32-,33-,34+,35+,36+,37+,38-,39-,40-,41+/m1/s1. The predicted octanol–water partition coefficient (Wildman–Crippen LogP) is 4.50. The second-order valence-electron chi connectivity index (χ2n) is 13.3. The molecule has 5 rings (SSSR count). The minimum absolute atomic E-state index is 0.0154. The summed E-state index contributed by atoms with van der Waals surface area (Å²) < 4.78 is 61.1. The van der Waals surface area contributed by atoms with Crippen LogP contribution in [0.3, 0.4) is 0 Å². The molecule has 0 spiro atoms. The first-order valence-electron chi connectivity index (χ1n) is 18.2. The van der Waals surface area contributed by atoms with Crippen LogP contribution in [0.5, 0.6) is 0 Å². The summed E-state index contributed by atoms with van der Waals surface area (Å²) in [6, 6.07) is 28.6. The Morgan fingerprint density at radius 1 is 0.518 bits per heavy atom. The summed E-state index contributed by atoms with van der Waals surface area (Å²) in [5, 5.41) is 0. The summed E-state index contributed by atoms with van der Waals surface area (Å²) in [7, 11) is 0. The molecule has 3 aromatic rings. The van der Waals surface area contributed by atoms with E-state index in [1.807, 2.05) is 91.0 Å². The molecule has 2 aliphatic heterocycles. The highest BCUT2D eigenvalue weighted by Crippen LogP contribution is 2.36. The lowest BCUT2D eigenvalue weighted by Gasteiger charge is -2.49. The van der Waals surface area contributed by atoms with Gasteiger partial charge < -0.3 is 47.4 Å². The van der Waals surface area contributed by atoms with Gasteiger partial charge in [-0.15, -0.1) is 12.6 Å². The molecule has 0 aliphatic carbocycles. The van der Waals surface area contributed by atoms with Crippen LogP contribution in [0.1, 0.15) is 44.4 Å². The van der Waals surface area contributed by atoms with E-state index in [0.717, 1.165) is 37.5 Å². The van der Waals surface area contributed by atoms with Crippen molar-refractivity contribution in [3.8, 4) is 0 Å². The zero-order chi connectivity index (χ0) is 40.0. The van der Waals surface area contributed by atoms with Crippen LogP contribution in [-0.4, -0.2) is 97.6 Å². The molecule has 0 bridgehead atoms. The molecule has 302 valence electrons. The van der Waals surface area contributed by atoms with Crippen molar-refractivity contribution < 1.29 is 66.5 Å². The Hall–Kier alpha value is -4.35. The molecule has 0 radical (unpaired) electrons. The summed E-state index contributed by atoms with van der Waals surface area (Å²) >= 11 is 4.83. The molecule has 2 aliphatic rings. The zero-order valence-electron chi connectivity index (χ0n) is 31.6. The Morgan fingerprint density at radius 2 is 0.982 bits per heavy atom. The maximum Gasteiger partial charge on any atom is 0.303 e. The van der Waals surface area contributed by atoms with Crippen LogP contribution in [0.15, 0.2) is 91.0 Å². The van der Waals surface area contributed by atoms with Crippen LogP contribution >= 0.6 is 12.6 Å². The first-order valence-corrected chi connectivity index (χ1v) is 18.7. The first-order chi connectivity index (χ1) is 27.0. The average molecular weight is 797 g/mol. The van der Waals surface area contributed by atoms with Crippen LogP contribution in [-0.2, 0) is 86.4 Å². The van der Waals surface area contributed by atoms with Crippen molar-refractivity contribution >= 4 is 36.5 Å². The SMILES string of the molecule is CC(=O)OC[C@H]1O[C@H](O[C@@H]2[C@H](OCc3ccccc3)[C@@H](OCc3ccccc3)[C@H](S)O[C@@H]2COCc2ccccc2)[C@H](OC(C)=O)[C@@H](OC(C)=O)[C@H]1OC(C)=O. The van der Waals surface area contributed by atoms with Gasteiger partial charge in [-0.25, -0.2) is 0 Å². The second-order valence-corrected chi connectivity index (χ2v) is 13.8. The van der Waals surface area contributed by atoms with Crippen molar-refractivity contribution in [1.29, 1.82) is 0 Å². The third-order valence-corrected chi connectivity index (χ3v) is 9.23. The number of rotatable bonds is 17. The minimum Gasteiger partial charge on any atom is -0.463 e. The minimum atomic E-state index is -1.53. The molecule has 0 N–H and O–H groups in total. The fraction of sp³-hybridized carbons (Fsp3) is 0.463. The van der Waals surface area contributed by atoms with Crippen LogP contribution in [0, 0.1) is 0 Å². The van der Waals surface area contributed by atoms with E-state index in [0.29, 0.717) is 0 Å². The van der Waals surface area contributed by atoms with Crippen molar-refractivity contribution in [2.45, 2.75) is 108 Å². The van der Waals surface area contributed by atoms with E-state index in [9.17, 15) is 19.2 Å². The highest BCUT2D eigenvalue weighted by Gasteiger charge is 2.56. The van der Waals surface area contributed by atoms with E-state index < -0.39 is 91.0 Å². The summed E-state index contributed by atoms with van der Waals surface area (Å²) in [4.78, 5) is 49.4. The fourth-order valence-corrected chi connectivity index (χ4v) is 6.83. The Bertz CT molecular complexity index is 1700. The Balaban J connectivity index is 1.54. The van der Waals surface area contributed by atoms with Gasteiger partial charge in [0.1, 0.15) is 42.6 Å². The van der Waals surface area contributed by atoms with E-state index >= 15 is 0 Å². The lowest BCUT2D eigenvalue weighted by molar-refractivity contribution is -0.346. The van der Waals surface area contributed by atoms with Gasteiger partial charge >= 0.3 is 23.9 Å². The number of carbonyl (C=O) groups excluding carboxylic acids is 4. The monoisotopic (exact) mass is 796 g/mol. The number of benzene rings is 3. The molecular formula is C41H48O14S. The van der Waals surface area contributed by atoms with Crippen LogP contribution < -0.4 is 0 Å². The van der Waals surface area contributed by atoms with Gasteiger partial charge in [0.15, 0.2) is 24.6 Å². The molecule has 2 saturated heterocycles. The third kappa shape index (κ3) is 12.6. The van der Waals surface area contributed by atoms with E-state index in [1.54, 1.807) is 0 Å². The Kier molecular flexibility index (Phi) is 16.2. The van der Waals surface area contributed by atoms with Gasteiger partial charge in [-0.1, -0.05) is 91.0 Å². The number of hydrogen-bond acceptors (Lipinski definition) is 15. The summed E-state index contributed by atoms with van der Waals surface area (Å²) in [5.41, 5.74) is 1.84. The Labute approximate surface area is 331 Å². The van der Waals surface area contributed by atoms with E-state index in [-0.39, 0.29) is 26.4 Å². The molecule has 3 aromatic carbocycles. The largest absolute Gasteiger partial charge is 0.463 e. The lowest BCUT2D eigenvalue weighted by atomic mass is 9.96. The molecular weight excluding hydrogens is 749 g/mol. The number of hydrogen-bond donors (Lipinski definition) is 1. The number of carbonyl (C=O) groups is 4. The molecule has 56 heavy (non-hydrogen) atoms. The van der Waals surface area contributed by atoms with E-state index in [2.05, 4.69) is 0 Å². The highest BCUT2D eigenvalue weighted by atomic mass is 32.1. The number of ether oxygens (including phenoxy) is 10.